The van der Waals surface area contributed by atoms with Gasteiger partial charge in [-0.05, 0) is 35.9 Å². The molecule has 0 bridgehead atoms. The molecule has 21 heavy (non-hydrogen) atoms. The van der Waals surface area contributed by atoms with Crippen molar-refractivity contribution in [2.24, 2.45) is 0 Å². The summed E-state index contributed by atoms with van der Waals surface area (Å²) >= 11 is 0. The van der Waals surface area contributed by atoms with Crippen molar-refractivity contribution in [1.29, 1.82) is 0 Å². The van der Waals surface area contributed by atoms with Crippen LogP contribution in [0.3, 0.4) is 0 Å². The van der Waals surface area contributed by atoms with E-state index in [4.69, 9.17) is 4.74 Å². The SMILES string of the molecule is COc1ccc(F)cc1C(O)c1ccc(C(F)(F)F)cc1. The monoisotopic (exact) mass is 300 g/mol. The molecule has 1 atom stereocenters. The maximum Gasteiger partial charge on any atom is 0.416 e. The molecule has 2 rings (SSSR count). The number of aliphatic hydroxyl groups is 1. The molecular formula is C15H12F4O2. The van der Waals surface area contributed by atoms with Crippen molar-refractivity contribution in [2.75, 3.05) is 7.11 Å². The van der Waals surface area contributed by atoms with E-state index in [1.54, 1.807) is 0 Å². The van der Waals surface area contributed by atoms with Crippen LogP contribution in [0.4, 0.5) is 17.6 Å². The Morgan fingerprint density at radius 2 is 1.67 bits per heavy atom. The van der Waals surface area contributed by atoms with Crippen LogP contribution in [0.5, 0.6) is 5.75 Å². The number of halogens is 4. The average Bonchev–Trinajstić information content (AvgIpc) is 2.45. The van der Waals surface area contributed by atoms with Crippen molar-refractivity contribution in [1.82, 2.24) is 0 Å². The number of aliphatic hydroxyl groups excluding tert-OH is 1. The van der Waals surface area contributed by atoms with Gasteiger partial charge in [0.05, 0.1) is 12.7 Å². The molecule has 6 heteroatoms. The zero-order chi connectivity index (χ0) is 15.6. The summed E-state index contributed by atoms with van der Waals surface area (Å²) in [6.07, 6.45) is -5.72. The normalized spacial score (nSPS) is 13.0. The molecule has 0 aliphatic carbocycles. The van der Waals surface area contributed by atoms with Crippen LogP contribution in [-0.4, -0.2) is 12.2 Å². The summed E-state index contributed by atoms with van der Waals surface area (Å²) in [6, 6.07) is 7.63. The lowest BCUT2D eigenvalue weighted by molar-refractivity contribution is -0.137. The van der Waals surface area contributed by atoms with Crippen LogP contribution in [0.25, 0.3) is 0 Å². The van der Waals surface area contributed by atoms with Crippen molar-refractivity contribution in [3.63, 3.8) is 0 Å². The summed E-state index contributed by atoms with van der Waals surface area (Å²) in [5.74, 6) is -0.319. The number of rotatable bonds is 3. The van der Waals surface area contributed by atoms with Crippen molar-refractivity contribution >= 4 is 0 Å². The second-order valence-electron chi connectivity index (χ2n) is 4.41. The van der Waals surface area contributed by atoms with Gasteiger partial charge in [-0.1, -0.05) is 12.1 Å². The third-order valence-electron chi connectivity index (χ3n) is 3.04. The lowest BCUT2D eigenvalue weighted by Gasteiger charge is -2.16. The molecule has 2 aromatic rings. The molecule has 0 heterocycles. The van der Waals surface area contributed by atoms with Gasteiger partial charge < -0.3 is 9.84 Å². The van der Waals surface area contributed by atoms with E-state index in [1.807, 2.05) is 0 Å². The zero-order valence-corrected chi connectivity index (χ0v) is 11.0. The second-order valence-corrected chi connectivity index (χ2v) is 4.41. The highest BCUT2D eigenvalue weighted by Gasteiger charge is 2.30. The average molecular weight is 300 g/mol. The first-order valence-corrected chi connectivity index (χ1v) is 6.01. The number of alkyl halides is 3. The summed E-state index contributed by atoms with van der Waals surface area (Å²) in [6.45, 7) is 0. The highest BCUT2D eigenvalue weighted by molar-refractivity contribution is 5.41. The van der Waals surface area contributed by atoms with Gasteiger partial charge in [-0.2, -0.15) is 13.2 Å². The molecule has 0 saturated carbocycles. The highest BCUT2D eigenvalue weighted by atomic mass is 19.4. The Balaban J connectivity index is 2.36. The Labute approximate surface area is 118 Å². The van der Waals surface area contributed by atoms with E-state index in [0.29, 0.717) is 0 Å². The molecule has 2 nitrogen and oxygen atoms in total. The van der Waals surface area contributed by atoms with Crippen LogP contribution in [0.15, 0.2) is 42.5 Å². The Hall–Kier alpha value is -2.08. The molecule has 2 aromatic carbocycles. The maximum atomic E-state index is 13.3. The number of hydrogen-bond donors (Lipinski definition) is 1. The number of hydrogen-bond acceptors (Lipinski definition) is 2. The molecule has 0 radical (unpaired) electrons. The van der Waals surface area contributed by atoms with Crippen LogP contribution in [0.2, 0.25) is 0 Å². The van der Waals surface area contributed by atoms with Gasteiger partial charge in [0.2, 0.25) is 0 Å². The molecule has 0 amide bonds. The zero-order valence-electron chi connectivity index (χ0n) is 11.0. The lowest BCUT2D eigenvalue weighted by atomic mass is 9.99. The molecular weight excluding hydrogens is 288 g/mol. The Morgan fingerprint density at radius 1 is 1.05 bits per heavy atom. The van der Waals surface area contributed by atoms with E-state index >= 15 is 0 Å². The standard InChI is InChI=1S/C15H12F4O2/c1-21-13-7-6-11(16)8-12(13)14(20)9-2-4-10(5-3-9)15(17,18)19/h2-8,14,20H,1H3. The molecule has 0 aliphatic rings. The van der Waals surface area contributed by atoms with Crippen molar-refractivity contribution < 1.29 is 27.4 Å². The van der Waals surface area contributed by atoms with E-state index < -0.39 is 23.7 Å². The van der Waals surface area contributed by atoms with Gasteiger partial charge >= 0.3 is 6.18 Å². The number of ether oxygens (including phenoxy) is 1. The van der Waals surface area contributed by atoms with E-state index in [0.717, 1.165) is 30.3 Å². The third-order valence-corrected chi connectivity index (χ3v) is 3.04. The van der Waals surface area contributed by atoms with Crippen molar-refractivity contribution in [3.05, 3.63) is 65.0 Å². The van der Waals surface area contributed by atoms with E-state index in [2.05, 4.69) is 0 Å². The Bertz CT molecular complexity index is 621. The molecule has 112 valence electrons. The van der Waals surface area contributed by atoms with Crippen LogP contribution in [0.1, 0.15) is 22.8 Å². The number of methoxy groups -OCH3 is 1. The Kier molecular flexibility index (Phi) is 4.18. The fraction of sp³-hybridized carbons (Fsp3) is 0.200. The highest BCUT2D eigenvalue weighted by Crippen LogP contribution is 2.33. The van der Waals surface area contributed by atoms with Gasteiger partial charge in [0, 0.05) is 5.56 Å². The molecule has 0 aromatic heterocycles. The predicted octanol–water partition coefficient (Wildman–Crippen LogP) is 3.93. The van der Waals surface area contributed by atoms with Crippen LogP contribution < -0.4 is 4.74 Å². The first-order chi connectivity index (χ1) is 9.82. The van der Waals surface area contributed by atoms with E-state index in [-0.39, 0.29) is 16.9 Å². The van der Waals surface area contributed by atoms with Gasteiger partial charge in [0.25, 0.3) is 0 Å². The van der Waals surface area contributed by atoms with Gasteiger partial charge in [-0.15, -0.1) is 0 Å². The molecule has 0 fully saturated rings. The minimum atomic E-state index is -4.44. The minimum absolute atomic E-state index is 0.150. The third kappa shape index (κ3) is 3.33. The van der Waals surface area contributed by atoms with Crippen LogP contribution in [-0.2, 0) is 6.18 Å². The fourth-order valence-corrected chi connectivity index (χ4v) is 1.95. The summed E-state index contributed by atoms with van der Waals surface area (Å²) in [5.41, 5.74) is -0.450. The van der Waals surface area contributed by atoms with Crippen molar-refractivity contribution in [3.8, 4) is 5.75 Å². The minimum Gasteiger partial charge on any atom is -0.496 e. The van der Waals surface area contributed by atoms with Crippen molar-refractivity contribution in [2.45, 2.75) is 12.3 Å². The summed E-state index contributed by atoms with van der Waals surface area (Å²) in [5, 5.41) is 10.2. The predicted molar refractivity (Wildman–Crippen MR) is 68.5 cm³/mol. The topological polar surface area (TPSA) is 29.5 Å². The van der Waals surface area contributed by atoms with Gasteiger partial charge in [0.15, 0.2) is 0 Å². The molecule has 0 spiro atoms. The molecule has 0 aliphatic heterocycles. The lowest BCUT2D eigenvalue weighted by Crippen LogP contribution is -2.07. The second kappa shape index (κ2) is 5.73. The maximum absolute atomic E-state index is 13.3. The molecule has 1 N–H and O–H groups in total. The summed E-state index contributed by atoms with van der Waals surface area (Å²) in [7, 11) is 1.36. The van der Waals surface area contributed by atoms with Crippen LogP contribution >= 0.6 is 0 Å². The number of benzene rings is 2. The van der Waals surface area contributed by atoms with Gasteiger partial charge in [-0.25, -0.2) is 4.39 Å². The summed E-state index contributed by atoms with van der Waals surface area (Å²) < 4.78 is 55.7. The fourth-order valence-electron chi connectivity index (χ4n) is 1.95. The van der Waals surface area contributed by atoms with Gasteiger partial charge in [0.1, 0.15) is 17.7 Å². The largest absolute Gasteiger partial charge is 0.496 e. The summed E-state index contributed by atoms with van der Waals surface area (Å²) in [4.78, 5) is 0. The first-order valence-electron chi connectivity index (χ1n) is 6.01. The quantitative estimate of drug-likeness (QED) is 0.870. The van der Waals surface area contributed by atoms with E-state index in [9.17, 15) is 22.7 Å². The van der Waals surface area contributed by atoms with E-state index in [1.165, 1.54) is 19.2 Å². The smallest absolute Gasteiger partial charge is 0.416 e. The van der Waals surface area contributed by atoms with Crippen LogP contribution in [0, 0.1) is 5.82 Å². The van der Waals surface area contributed by atoms with Gasteiger partial charge in [-0.3, -0.25) is 0 Å². The molecule has 1 unspecified atom stereocenters. The Morgan fingerprint density at radius 3 is 2.19 bits per heavy atom. The first kappa shape index (κ1) is 15.3. The molecule has 0 saturated heterocycles.